The van der Waals surface area contributed by atoms with Crippen molar-refractivity contribution in [3.05, 3.63) is 0 Å². The topological polar surface area (TPSA) is 52.3 Å². The molecule has 1 rings (SSSR count). The van der Waals surface area contributed by atoms with Crippen LogP contribution in [0.3, 0.4) is 0 Å². The van der Waals surface area contributed by atoms with Gasteiger partial charge in [-0.2, -0.15) is 0 Å². The molecule has 82 valence electrons. The van der Waals surface area contributed by atoms with Crippen LogP contribution in [0.15, 0.2) is 0 Å². The number of alkyl halides is 1. The van der Waals surface area contributed by atoms with Gasteiger partial charge in [0.2, 0.25) is 0 Å². The predicted molar refractivity (Wildman–Crippen MR) is 51.5 cm³/mol. The maximum atomic E-state index is 12.8. The Morgan fingerprint density at radius 2 is 2.07 bits per heavy atom. The Balaban J connectivity index is 2.71. The number of methoxy groups -OCH3 is 1. The third-order valence-corrected chi connectivity index (χ3v) is 3.12. The zero-order valence-corrected chi connectivity index (χ0v) is 8.59. The van der Waals surface area contributed by atoms with E-state index in [0.717, 1.165) is 32.1 Å². The van der Waals surface area contributed by atoms with Crippen molar-refractivity contribution in [3.8, 4) is 0 Å². The maximum absolute atomic E-state index is 12.8. The molecule has 0 bridgehead atoms. The van der Waals surface area contributed by atoms with E-state index in [1.165, 1.54) is 7.11 Å². The Kier molecular flexibility index (Phi) is 3.86. The zero-order valence-electron chi connectivity index (χ0n) is 8.59. The van der Waals surface area contributed by atoms with Crippen molar-refractivity contribution in [2.45, 2.75) is 37.6 Å². The lowest BCUT2D eigenvalue weighted by Gasteiger charge is -2.34. The van der Waals surface area contributed by atoms with Gasteiger partial charge in [-0.25, -0.2) is 9.18 Å². The Hall–Kier alpha value is -0.640. The summed E-state index contributed by atoms with van der Waals surface area (Å²) in [6, 6.07) is 0. The molecule has 14 heavy (non-hydrogen) atoms. The summed E-state index contributed by atoms with van der Waals surface area (Å²) in [5, 5.41) is 0. The van der Waals surface area contributed by atoms with Gasteiger partial charge in [-0.15, -0.1) is 0 Å². The largest absolute Gasteiger partial charge is 0.468 e. The smallest absolute Gasteiger partial charge is 0.328 e. The van der Waals surface area contributed by atoms with Gasteiger partial charge in [0.25, 0.3) is 0 Å². The van der Waals surface area contributed by atoms with Crippen LogP contribution in [-0.2, 0) is 9.53 Å². The minimum Gasteiger partial charge on any atom is -0.468 e. The molecule has 0 aromatic heterocycles. The molecule has 1 fully saturated rings. The summed E-state index contributed by atoms with van der Waals surface area (Å²) in [6.07, 6.45) is 4.87. The van der Waals surface area contributed by atoms with Crippen LogP contribution in [0.25, 0.3) is 0 Å². The minimum atomic E-state index is -1.41. The monoisotopic (exact) mass is 203 g/mol. The van der Waals surface area contributed by atoms with Gasteiger partial charge in [-0.3, -0.25) is 0 Å². The standard InChI is InChI=1S/C10H18FNO2/c1-14-9(13)10(12,7-11)8-5-3-2-4-6-8/h8H,2-7,12H2,1H3. The minimum absolute atomic E-state index is 0.0614. The first-order valence-corrected chi connectivity index (χ1v) is 5.08. The number of hydrogen-bond acceptors (Lipinski definition) is 3. The first kappa shape index (κ1) is 11.4. The molecule has 1 unspecified atom stereocenters. The lowest BCUT2D eigenvalue weighted by Crippen LogP contribution is -2.57. The van der Waals surface area contributed by atoms with E-state index in [-0.39, 0.29) is 5.92 Å². The van der Waals surface area contributed by atoms with E-state index in [2.05, 4.69) is 4.74 Å². The Morgan fingerprint density at radius 1 is 1.50 bits per heavy atom. The van der Waals surface area contributed by atoms with Gasteiger partial charge in [0, 0.05) is 0 Å². The van der Waals surface area contributed by atoms with Crippen LogP contribution in [-0.4, -0.2) is 25.3 Å². The van der Waals surface area contributed by atoms with Crippen LogP contribution in [0.5, 0.6) is 0 Å². The highest BCUT2D eigenvalue weighted by Gasteiger charge is 2.43. The van der Waals surface area contributed by atoms with Gasteiger partial charge in [-0.05, 0) is 18.8 Å². The van der Waals surface area contributed by atoms with E-state index in [1.54, 1.807) is 0 Å². The molecule has 0 aromatic carbocycles. The van der Waals surface area contributed by atoms with Crippen molar-refractivity contribution < 1.29 is 13.9 Å². The molecule has 0 spiro atoms. The normalized spacial score (nSPS) is 22.8. The van der Waals surface area contributed by atoms with Crippen LogP contribution in [0, 0.1) is 5.92 Å². The zero-order chi connectivity index (χ0) is 10.6. The molecule has 4 heteroatoms. The number of carbonyl (C=O) groups is 1. The highest BCUT2D eigenvalue weighted by atomic mass is 19.1. The fraction of sp³-hybridized carbons (Fsp3) is 0.900. The molecule has 0 amide bonds. The lowest BCUT2D eigenvalue weighted by atomic mass is 9.76. The van der Waals surface area contributed by atoms with Crippen molar-refractivity contribution in [2.75, 3.05) is 13.8 Å². The number of hydrogen-bond donors (Lipinski definition) is 1. The van der Waals surface area contributed by atoms with Crippen molar-refractivity contribution in [2.24, 2.45) is 11.7 Å². The van der Waals surface area contributed by atoms with Gasteiger partial charge >= 0.3 is 5.97 Å². The summed E-state index contributed by atoms with van der Waals surface area (Å²) in [4.78, 5) is 11.4. The molecule has 2 N–H and O–H groups in total. The fourth-order valence-corrected chi connectivity index (χ4v) is 2.14. The Labute approximate surface area is 83.8 Å². The number of halogens is 1. The van der Waals surface area contributed by atoms with Crippen LogP contribution in [0.1, 0.15) is 32.1 Å². The van der Waals surface area contributed by atoms with E-state index < -0.39 is 18.2 Å². The number of rotatable bonds is 3. The SMILES string of the molecule is COC(=O)C(N)(CF)C1CCCCC1. The van der Waals surface area contributed by atoms with Crippen LogP contribution in [0.2, 0.25) is 0 Å². The lowest BCUT2D eigenvalue weighted by molar-refractivity contribution is -0.150. The number of esters is 1. The maximum Gasteiger partial charge on any atom is 0.328 e. The van der Waals surface area contributed by atoms with Gasteiger partial charge in [0.1, 0.15) is 12.2 Å². The van der Waals surface area contributed by atoms with Gasteiger partial charge in [-0.1, -0.05) is 19.3 Å². The third kappa shape index (κ3) is 2.05. The van der Waals surface area contributed by atoms with E-state index in [0.29, 0.717) is 0 Å². The van der Waals surface area contributed by atoms with E-state index in [1.807, 2.05) is 0 Å². The molecule has 0 aromatic rings. The summed E-state index contributed by atoms with van der Waals surface area (Å²) in [5.74, 6) is -0.680. The second-order valence-corrected chi connectivity index (χ2v) is 4.00. The van der Waals surface area contributed by atoms with Crippen molar-refractivity contribution in [1.29, 1.82) is 0 Å². The highest BCUT2D eigenvalue weighted by molar-refractivity contribution is 5.81. The van der Waals surface area contributed by atoms with Crippen LogP contribution in [0.4, 0.5) is 4.39 Å². The Morgan fingerprint density at radius 3 is 2.50 bits per heavy atom. The summed E-state index contributed by atoms with van der Waals surface area (Å²) in [7, 11) is 1.25. The molecular formula is C10H18FNO2. The van der Waals surface area contributed by atoms with E-state index >= 15 is 0 Å². The molecule has 1 aliphatic carbocycles. The molecule has 1 aliphatic rings. The summed E-state index contributed by atoms with van der Waals surface area (Å²) in [6.45, 7) is -0.829. The molecule has 1 saturated carbocycles. The molecule has 0 aliphatic heterocycles. The third-order valence-electron chi connectivity index (χ3n) is 3.12. The van der Waals surface area contributed by atoms with E-state index in [4.69, 9.17) is 5.73 Å². The average molecular weight is 203 g/mol. The molecule has 3 nitrogen and oxygen atoms in total. The summed E-state index contributed by atoms with van der Waals surface area (Å²) in [5.41, 5.74) is 4.37. The first-order valence-electron chi connectivity index (χ1n) is 5.08. The predicted octanol–water partition coefficient (Wildman–Crippen LogP) is 1.41. The van der Waals surface area contributed by atoms with Crippen molar-refractivity contribution in [1.82, 2.24) is 0 Å². The summed E-state index contributed by atoms with van der Waals surface area (Å²) < 4.78 is 17.4. The van der Waals surface area contributed by atoms with E-state index in [9.17, 15) is 9.18 Å². The second kappa shape index (κ2) is 4.73. The van der Waals surface area contributed by atoms with Gasteiger partial charge in [0.05, 0.1) is 7.11 Å². The highest BCUT2D eigenvalue weighted by Crippen LogP contribution is 2.32. The molecule has 0 radical (unpaired) electrons. The average Bonchev–Trinajstić information content (AvgIpc) is 2.28. The quantitative estimate of drug-likeness (QED) is 0.705. The molecule has 1 atom stereocenters. The van der Waals surface area contributed by atoms with Gasteiger partial charge in [0.15, 0.2) is 0 Å². The fourth-order valence-electron chi connectivity index (χ4n) is 2.14. The molecular weight excluding hydrogens is 185 g/mol. The summed E-state index contributed by atoms with van der Waals surface area (Å²) >= 11 is 0. The molecule has 0 saturated heterocycles. The van der Waals surface area contributed by atoms with Crippen LogP contribution < -0.4 is 5.73 Å². The first-order chi connectivity index (χ1) is 6.65. The Bertz CT molecular complexity index is 204. The van der Waals surface area contributed by atoms with Crippen molar-refractivity contribution >= 4 is 5.97 Å². The van der Waals surface area contributed by atoms with Crippen molar-refractivity contribution in [3.63, 3.8) is 0 Å². The number of carbonyl (C=O) groups excluding carboxylic acids is 1. The second-order valence-electron chi connectivity index (χ2n) is 4.00. The number of nitrogens with two attached hydrogens (primary N) is 1. The molecule has 0 heterocycles. The van der Waals surface area contributed by atoms with Crippen LogP contribution >= 0.6 is 0 Å². The van der Waals surface area contributed by atoms with Gasteiger partial charge < -0.3 is 10.5 Å². The number of ether oxygens (including phenoxy) is 1.